The zero-order valence-corrected chi connectivity index (χ0v) is 19.4. The Morgan fingerprint density at radius 3 is 2.29 bits per heavy atom. The molecule has 0 saturated heterocycles. The number of halogens is 1. The molecule has 34 heavy (non-hydrogen) atoms. The van der Waals surface area contributed by atoms with Crippen LogP contribution in [0.5, 0.6) is 0 Å². The topological polar surface area (TPSA) is 125 Å². The molecule has 0 fully saturated rings. The van der Waals surface area contributed by atoms with E-state index in [0.29, 0.717) is 24.1 Å². The minimum atomic E-state index is -1.06. The summed E-state index contributed by atoms with van der Waals surface area (Å²) in [5.74, 6) is -1.75. The number of hydrogen-bond acceptors (Lipinski definition) is 7. The van der Waals surface area contributed by atoms with E-state index in [2.05, 4.69) is 5.32 Å². The van der Waals surface area contributed by atoms with Gasteiger partial charge >= 0.3 is 5.97 Å². The lowest BCUT2D eigenvalue weighted by molar-refractivity contribution is -0.431. The van der Waals surface area contributed by atoms with Gasteiger partial charge in [-0.15, -0.1) is 11.6 Å². The lowest BCUT2D eigenvalue weighted by Crippen LogP contribution is -2.32. The number of nitro benzene ring substituents is 1. The zero-order valence-electron chi connectivity index (χ0n) is 18.7. The van der Waals surface area contributed by atoms with Gasteiger partial charge in [-0.1, -0.05) is 42.5 Å². The highest BCUT2D eigenvalue weighted by molar-refractivity contribution is 6.20. The standard InChI is InChI=1S/C24H24ClN3O6/c1-3-34-24(29)22-20(14-13-19(25)16-7-5-4-6-8-16)26-15(2)23(28(32)33)21(22)17-9-11-18(12-10-17)27(30)31/h4-12,19,21,26H,3,13-14H2,1-2H3. The second kappa shape index (κ2) is 10.9. The van der Waals surface area contributed by atoms with E-state index in [1.165, 1.54) is 24.3 Å². The maximum absolute atomic E-state index is 13.1. The van der Waals surface area contributed by atoms with Crippen molar-refractivity contribution in [1.29, 1.82) is 0 Å². The predicted molar refractivity (Wildman–Crippen MR) is 127 cm³/mol. The van der Waals surface area contributed by atoms with Crippen LogP contribution in [0.4, 0.5) is 5.69 Å². The summed E-state index contributed by atoms with van der Waals surface area (Å²) in [5.41, 5.74) is 1.79. The Kier molecular flexibility index (Phi) is 8.01. The molecule has 2 atom stereocenters. The van der Waals surface area contributed by atoms with Gasteiger partial charge in [-0.2, -0.15) is 0 Å². The quantitative estimate of drug-likeness (QED) is 0.219. The number of rotatable bonds is 9. The van der Waals surface area contributed by atoms with Crippen LogP contribution in [0.1, 0.15) is 49.1 Å². The van der Waals surface area contributed by atoms with Gasteiger partial charge < -0.3 is 10.1 Å². The van der Waals surface area contributed by atoms with Crippen LogP contribution in [0.2, 0.25) is 0 Å². The number of hydrogen-bond donors (Lipinski definition) is 1. The molecule has 1 heterocycles. The normalized spacial score (nSPS) is 16.6. The van der Waals surface area contributed by atoms with E-state index >= 15 is 0 Å². The molecule has 2 aromatic carbocycles. The fraction of sp³-hybridized carbons (Fsp3) is 0.292. The number of dihydropyridines is 1. The van der Waals surface area contributed by atoms with Gasteiger partial charge in [-0.25, -0.2) is 4.79 Å². The molecule has 0 radical (unpaired) electrons. The average molecular weight is 486 g/mol. The maximum atomic E-state index is 13.1. The number of esters is 1. The molecule has 1 N–H and O–H groups in total. The van der Waals surface area contributed by atoms with Crippen molar-refractivity contribution < 1.29 is 19.4 Å². The van der Waals surface area contributed by atoms with Crippen molar-refractivity contribution in [3.05, 3.63) is 109 Å². The summed E-state index contributed by atoms with van der Waals surface area (Å²) in [6.45, 7) is 3.30. The second-order valence-corrected chi connectivity index (χ2v) is 8.23. The number of carbonyl (C=O) groups is 1. The first kappa shape index (κ1) is 24.9. The zero-order chi connectivity index (χ0) is 24.8. The van der Waals surface area contributed by atoms with Gasteiger partial charge in [-0.05, 0) is 37.8 Å². The van der Waals surface area contributed by atoms with Gasteiger partial charge in [0.15, 0.2) is 0 Å². The van der Waals surface area contributed by atoms with Crippen LogP contribution in [0.3, 0.4) is 0 Å². The van der Waals surface area contributed by atoms with E-state index in [-0.39, 0.29) is 34.6 Å². The molecule has 9 nitrogen and oxygen atoms in total. The average Bonchev–Trinajstić information content (AvgIpc) is 2.82. The van der Waals surface area contributed by atoms with E-state index in [0.717, 1.165) is 5.56 Å². The molecule has 2 aromatic rings. The van der Waals surface area contributed by atoms with E-state index < -0.39 is 21.7 Å². The molecule has 1 aliphatic heterocycles. The first-order chi connectivity index (χ1) is 16.2. The van der Waals surface area contributed by atoms with Crippen molar-refractivity contribution in [1.82, 2.24) is 5.32 Å². The molecule has 0 spiro atoms. The molecule has 0 amide bonds. The minimum absolute atomic E-state index is 0.0846. The highest BCUT2D eigenvalue weighted by Gasteiger charge is 2.41. The summed E-state index contributed by atoms with van der Waals surface area (Å²) < 4.78 is 5.26. The number of non-ortho nitro benzene ring substituents is 1. The highest BCUT2D eigenvalue weighted by Crippen LogP contribution is 2.41. The maximum Gasteiger partial charge on any atom is 0.336 e. The van der Waals surface area contributed by atoms with E-state index in [1.54, 1.807) is 13.8 Å². The molecular weight excluding hydrogens is 462 g/mol. The second-order valence-electron chi connectivity index (χ2n) is 7.70. The van der Waals surface area contributed by atoms with E-state index in [1.807, 2.05) is 30.3 Å². The van der Waals surface area contributed by atoms with Crippen LogP contribution in [0.15, 0.2) is 77.3 Å². The number of ether oxygens (including phenoxy) is 1. The smallest absolute Gasteiger partial charge is 0.336 e. The molecule has 0 aromatic heterocycles. The van der Waals surface area contributed by atoms with Gasteiger partial charge in [0, 0.05) is 17.8 Å². The summed E-state index contributed by atoms with van der Waals surface area (Å²) in [5, 5.41) is 25.8. The lowest BCUT2D eigenvalue weighted by atomic mass is 9.83. The SMILES string of the molecule is CCOC(=O)C1=C(CCC(Cl)c2ccccc2)NC(C)=C([N+](=O)[O-])C1c1ccc([N+](=O)[O-])cc1. The fourth-order valence-electron chi connectivity index (χ4n) is 3.99. The van der Waals surface area contributed by atoms with E-state index in [9.17, 15) is 25.0 Å². The third kappa shape index (κ3) is 5.43. The highest BCUT2D eigenvalue weighted by atomic mass is 35.5. The third-order valence-electron chi connectivity index (χ3n) is 5.55. The van der Waals surface area contributed by atoms with Crippen LogP contribution >= 0.6 is 11.6 Å². The van der Waals surface area contributed by atoms with Crippen molar-refractivity contribution in [2.45, 2.75) is 38.0 Å². The number of nitrogens with zero attached hydrogens (tertiary/aromatic N) is 2. The van der Waals surface area contributed by atoms with Crippen molar-refractivity contribution >= 4 is 23.3 Å². The van der Waals surface area contributed by atoms with Crippen molar-refractivity contribution in [3.8, 4) is 0 Å². The first-order valence-electron chi connectivity index (χ1n) is 10.7. The van der Waals surface area contributed by atoms with Gasteiger partial charge in [-0.3, -0.25) is 20.2 Å². The van der Waals surface area contributed by atoms with Crippen LogP contribution in [-0.2, 0) is 9.53 Å². The fourth-order valence-corrected chi connectivity index (χ4v) is 4.24. The van der Waals surface area contributed by atoms with Crippen LogP contribution in [-0.4, -0.2) is 22.4 Å². The molecule has 2 unspecified atom stereocenters. The molecule has 10 heteroatoms. The number of nitrogens with one attached hydrogen (secondary N) is 1. The Labute approximate surface area is 201 Å². The van der Waals surface area contributed by atoms with E-state index in [4.69, 9.17) is 16.3 Å². The Morgan fingerprint density at radius 2 is 1.74 bits per heavy atom. The van der Waals surface area contributed by atoms with Crippen molar-refractivity contribution in [2.75, 3.05) is 6.61 Å². The molecule has 3 rings (SSSR count). The Hall–Kier alpha value is -3.72. The largest absolute Gasteiger partial charge is 0.463 e. The Morgan fingerprint density at radius 1 is 1.09 bits per heavy atom. The molecule has 0 saturated carbocycles. The van der Waals surface area contributed by atoms with Crippen LogP contribution < -0.4 is 5.32 Å². The monoisotopic (exact) mass is 485 g/mol. The van der Waals surface area contributed by atoms with Gasteiger partial charge in [0.1, 0.15) is 5.92 Å². The van der Waals surface area contributed by atoms with Gasteiger partial charge in [0.25, 0.3) is 11.4 Å². The molecule has 0 bridgehead atoms. The summed E-state index contributed by atoms with van der Waals surface area (Å²) in [6, 6.07) is 14.8. The van der Waals surface area contributed by atoms with Crippen LogP contribution in [0.25, 0.3) is 0 Å². The molecule has 1 aliphatic rings. The Balaban J connectivity index is 2.06. The predicted octanol–water partition coefficient (Wildman–Crippen LogP) is 5.37. The van der Waals surface area contributed by atoms with Crippen molar-refractivity contribution in [3.63, 3.8) is 0 Å². The lowest BCUT2D eigenvalue weighted by Gasteiger charge is -2.28. The van der Waals surface area contributed by atoms with Crippen molar-refractivity contribution in [2.24, 2.45) is 0 Å². The number of allylic oxidation sites excluding steroid dienone is 3. The Bertz CT molecular complexity index is 1150. The molecule has 178 valence electrons. The molecule has 0 aliphatic carbocycles. The summed E-state index contributed by atoms with van der Waals surface area (Å²) in [4.78, 5) is 35.0. The number of carbonyl (C=O) groups excluding carboxylic acids is 1. The first-order valence-corrected chi connectivity index (χ1v) is 11.1. The van der Waals surface area contributed by atoms with Crippen LogP contribution in [0, 0.1) is 20.2 Å². The summed E-state index contributed by atoms with van der Waals surface area (Å²) >= 11 is 6.58. The van der Waals surface area contributed by atoms with Gasteiger partial charge in [0.05, 0.1) is 33.1 Å². The minimum Gasteiger partial charge on any atom is -0.463 e. The summed E-state index contributed by atoms with van der Waals surface area (Å²) in [7, 11) is 0. The molecular formula is C24H24ClN3O6. The number of nitro groups is 2. The summed E-state index contributed by atoms with van der Waals surface area (Å²) in [6.07, 6.45) is 0.799. The van der Waals surface area contributed by atoms with Gasteiger partial charge in [0.2, 0.25) is 0 Å². The number of alkyl halides is 1. The third-order valence-corrected chi connectivity index (χ3v) is 6.02. The number of benzene rings is 2.